The van der Waals surface area contributed by atoms with Gasteiger partial charge < -0.3 is 20.1 Å². The van der Waals surface area contributed by atoms with Gasteiger partial charge in [-0.1, -0.05) is 6.07 Å². The van der Waals surface area contributed by atoms with E-state index in [2.05, 4.69) is 40.1 Å². The number of rotatable bonds is 10. The van der Waals surface area contributed by atoms with E-state index in [0.29, 0.717) is 5.92 Å². The Morgan fingerprint density at radius 1 is 1.38 bits per heavy atom. The molecule has 0 aliphatic carbocycles. The van der Waals surface area contributed by atoms with Crippen LogP contribution in [-0.2, 0) is 15.9 Å². The van der Waals surface area contributed by atoms with Gasteiger partial charge in [-0.3, -0.25) is 4.99 Å². The van der Waals surface area contributed by atoms with E-state index < -0.39 is 0 Å². The van der Waals surface area contributed by atoms with E-state index in [9.17, 15) is 0 Å². The van der Waals surface area contributed by atoms with E-state index in [4.69, 9.17) is 9.47 Å². The maximum atomic E-state index is 5.78. The van der Waals surface area contributed by atoms with Crippen LogP contribution in [0.5, 0.6) is 0 Å². The summed E-state index contributed by atoms with van der Waals surface area (Å²) >= 11 is 1.80. The molecule has 1 aliphatic heterocycles. The second kappa shape index (κ2) is 12.3. The molecule has 1 fully saturated rings. The Hall–Kier alpha value is -1.11. The third kappa shape index (κ3) is 8.13. The van der Waals surface area contributed by atoms with Crippen molar-refractivity contribution in [2.45, 2.75) is 32.6 Å². The van der Waals surface area contributed by atoms with E-state index in [1.54, 1.807) is 11.3 Å². The summed E-state index contributed by atoms with van der Waals surface area (Å²) in [7, 11) is 0. The van der Waals surface area contributed by atoms with Crippen molar-refractivity contribution in [1.82, 2.24) is 10.6 Å². The molecule has 1 aromatic rings. The normalized spacial score (nSPS) is 16.3. The first-order chi connectivity index (χ1) is 11.9. The number of hydrogen-bond acceptors (Lipinski definition) is 4. The standard InChI is InChI=1S/C18H31N3O2S/c1-2-19-18(21-10-6-17-5-3-14-24-17)20-9-4-11-23-15-16-7-12-22-13-8-16/h3,5,14,16H,2,4,6-13,15H2,1H3,(H2,19,20,21). The second-order valence-electron chi connectivity index (χ2n) is 6.00. The smallest absolute Gasteiger partial charge is 0.191 e. The fourth-order valence-corrected chi connectivity index (χ4v) is 3.33. The molecule has 0 saturated carbocycles. The van der Waals surface area contributed by atoms with Crippen LogP contribution in [0, 0.1) is 5.92 Å². The Kier molecular flexibility index (Phi) is 9.83. The molecule has 1 aromatic heterocycles. The van der Waals surface area contributed by atoms with Crippen molar-refractivity contribution in [1.29, 1.82) is 0 Å². The first-order valence-electron chi connectivity index (χ1n) is 9.08. The minimum Gasteiger partial charge on any atom is -0.381 e. The number of nitrogens with one attached hydrogen (secondary N) is 2. The molecule has 2 rings (SSSR count). The highest BCUT2D eigenvalue weighted by atomic mass is 32.1. The predicted octanol–water partition coefficient (Wildman–Crippen LogP) is 2.68. The first-order valence-corrected chi connectivity index (χ1v) is 9.96. The topological polar surface area (TPSA) is 54.9 Å². The van der Waals surface area contributed by atoms with Crippen molar-refractivity contribution in [2.75, 3.05) is 46.1 Å². The molecule has 0 aromatic carbocycles. The van der Waals surface area contributed by atoms with Crippen LogP contribution in [0.25, 0.3) is 0 Å². The molecular formula is C18H31N3O2S. The van der Waals surface area contributed by atoms with Gasteiger partial charge in [0.2, 0.25) is 0 Å². The number of nitrogens with zero attached hydrogens (tertiary/aromatic N) is 1. The van der Waals surface area contributed by atoms with Crippen molar-refractivity contribution in [2.24, 2.45) is 10.9 Å². The Morgan fingerprint density at radius 3 is 3.00 bits per heavy atom. The SMILES string of the molecule is CCNC(=NCCCOCC1CCOCC1)NCCc1cccs1. The molecule has 2 N–H and O–H groups in total. The van der Waals surface area contributed by atoms with Crippen molar-refractivity contribution >= 4 is 17.3 Å². The van der Waals surface area contributed by atoms with Gasteiger partial charge in [-0.25, -0.2) is 0 Å². The van der Waals surface area contributed by atoms with Gasteiger partial charge in [0.15, 0.2) is 5.96 Å². The van der Waals surface area contributed by atoms with Crippen molar-refractivity contribution < 1.29 is 9.47 Å². The zero-order chi connectivity index (χ0) is 16.9. The van der Waals surface area contributed by atoms with Gasteiger partial charge in [0.1, 0.15) is 0 Å². The molecule has 0 radical (unpaired) electrons. The zero-order valence-corrected chi connectivity index (χ0v) is 15.6. The summed E-state index contributed by atoms with van der Waals surface area (Å²) < 4.78 is 11.1. The highest BCUT2D eigenvalue weighted by Gasteiger charge is 2.13. The van der Waals surface area contributed by atoms with Crippen LogP contribution in [0.2, 0.25) is 0 Å². The van der Waals surface area contributed by atoms with E-state index in [0.717, 1.165) is 77.7 Å². The molecule has 0 unspecified atom stereocenters. The molecule has 1 saturated heterocycles. The second-order valence-corrected chi connectivity index (χ2v) is 7.03. The van der Waals surface area contributed by atoms with Crippen molar-refractivity contribution in [3.63, 3.8) is 0 Å². The molecule has 0 bridgehead atoms. The summed E-state index contributed by atoms with van der Waals surface area (Å²) in [5, 5.41) is 8.81. The lowest BCUT2D eigenvalue weighted by Crippen LogP contribution is -2.38. The molecule has 5 nitrogen and oxygen atoms in total. The number of ether oxygens (including phenoxy) is 2. The minimum atomic E-state index is 0.679. The molecule has 1 aliphatic rings. The van der Waals surface area contributed by atoms with Gasteiger partial charge in [-0.2, -0.15) is 0 Å². The summed E-state index contributed by atoms with van der Waals surface area (Å²) in [5.74, 6) is 1.58. The van der Waals surface area contributed by atoms with Gasteiger partial charge in [-0.05, 0) is 50.0 Å². The van der Waals surface area contributed by atoms with Crippen LogP contribution >= 0.6 is 11.3 Å². The lowest BCUT2D eigenvalue weighted by molar-refractivity contribution is 0.0205. The Labute approximate surface area is 149 Å². The average molecular weight is 354 g/mol. The molecule has 0 atom stereocenters. The van der Waals surface area contributed by atoms with E-state index in [-0.39, 0.29) is 0 Å². The van der Waals surface area contributed by atoms with Crippen LogP contribution in [0.1, 0.15) is 31.1 Å². The lowest BCUT2D eigenvalue weighted by Gasteiger charge is -2.21. The van der Waals surface area contributed by atoms with Gasteiger partial charge >= 0.3 is 0 Å². The fourth-order valence-electron chi connectivity index (χ4n) is 2.62. The van der Waals surface area contributed by atoms with Gasteiger partial charge in [-0.15, -0.1) is 11.3 Å². The largest absolute Gasteiger partial charge is 0.381 e. The quantitative estimate of drug-likeness (QED) is 0.386. The highest BCUT2D eigenvalue weighted by molar-refractivity contribution is 7.09. The molecule has 6 heteroatoms. The van der Waals surface area contributed by atoms with Gasteiger partial charge in [0, 0.05) is 50.9 Å². The third-order valence-corrected chi connectivity index (χ3v) is 4.94. The molecular weight excluding hydrogens is 322 g/mol. The van der Waals surface area contributed by atoms with E-state index in [1.807, 2.05) is 0 Å². The molecule has 2 heterocycles. The van der Waals surface area contributed by atoms with Crippen LogP contribution < -0.4 is 10.6 Å². The van der Waals surface area contributed by atoms with Gasteiger partial charge in [0.05, 0.1) is 0 Å². The van der Waals surface area contributed by atoms with Crippen LogP contribution in [-0.4, -0.2) is 52.0 Å². The lowest BCUT2D eigenvalue weighted by atomic mass is 10.0. The third-order valence-electron chi connectivity index (χ3n) is 4.00. The number of aliphatic imine (C=N–C) groups is 1. The van der Waals surface area contributed by atoms with E-state index in [1.165, 1.54) is 4.88 Å². The monoisotopic (exact) mass is 353 g/mol. The average Bonchev–Trinajstić information content (AvgIpc) is 3.12. The summed E-state index contributed by atoms with van der Waals surface area (Å²) in [6, 6.07) is 4.27. The fraction of sp³-hybridized carbons (Fsp3) is 0.722. The van der Waals surface area contributed by atoms with Gasteiger partial charge in [0.25, 0.3) is 0 Å². The van der Waals surface area contributed by atoms with Crippen molar-refractivity contribution in [3.8, 4) is 0 Å². The molecule has 0 spiro atoms. The summed E-state index contributed by atoms with van der Waals surface area (Å²) in [6.07, 6.45) is 4.27. The van der Waals surface area contributed by atoms with Crippen molar-refractivity contribution in [3.05, 3.63) is 22.4 Å². The Balaban J connectivity index is 1.54. The maximum Gasteiger partial charge on any atom is 0.191 e. The first kappa shape index (κ1) is 19.2. The molecule has 24 heavy (non-hydrogen) atoms. The maximum absolute atomic E-state index is 5.78. The minimum absolute atomic E-state index is 0.679. The number of hydrogen-bond donors (Lipinski definition) is 2. The highest BCUT2D eigenvalue weighted by Crippen LogP contribution is 2.14. The van der Waals surface area contributed by atoms with E-state index >= 15 is 0 Å². The van der Waals surface area contributed by atoms with Crippen LogP contribution in [0.4, 0.5) is 0 Å². The number of thiophene rings is 1. The zero-order valence-electron chi connectivity index (χ0n) is 14.8. The Bertz CT molecular complexity index is 445. The molecule has 136 valence electrons. The summed E-state index contributed by atoms with van der Waals surface area (Å²) in [4.78, 5) is 6.02. The summed E-state index contributed by atoms with van der Waals surface area (Å²) in [5.41, 5.74) is 0. The number of guanidine groups is 1. The van der Waals surface area contributed by atoms with Crippen LogP contribution in [0.3, 0.4) is 0 Å². The molecule has 0 amide bonds. The Morgan fingerprint density at radius 2 is 2.25 bits per heavy atom. The summed E-state index contributed by atoms with van der Waals surface area (Å²) in [6.45, 7) is 8.11. The predicted molar refractivity (Wildman–Crippen MR) is 101 cm³/mol. The van der Waals surface area contributed by atoms with Crippen LogP contribution in [0.15, 0.2) is 22.5 Å².